The predicted octanol–water partition coefficient (Wildman–Crippen LogP) is 0.0311. The molecule has 0 unspecified atom stereocenters. The van der Waals surface area contributed by atoms with Crippen molar-refractivity contribution in [2.24, 2.45) is 0 Å². The first-order valence-corrected chi connectivity index (χ1v) is 4.41. The summed E-state index contributed by atoms with van der Waals surface area (Å²) in [6, 6.07) is 1.48. The normalized spacial score (nSPS) is 10.1. The van der Waals surface area contributed by atoms with Gasteiger partial charge in [0.15, 0.2) is 5.82 Å². The van der Waals surface area contributed by atoms with Crippen molar-refractivity contribution in [2.45, 2.75) is 0 Å². The molecular formula is C9H9N5O2. The minimum atomic E-state index is -0.523. The van der Waals surface area contributed by atoms with E-state index in [0.717, 1.165) is 0 Å². The number of nitrogens with zero attached hydrogens (tertiary/aromatic N) is 4. The minimum absolute atomic E-state index is 0.244. The van der Waals surface area contributed by atoms with Crippen LogP contribution in [0, 0.1) is 0 Å². The van der Waals surface area contributed by atoms with Crippen molar-refractivity contribution in [1.82, 2.24) is 19.7 Å². The number of esters is 1. The molecule has 2 heterocycles. The Morgan fingerprint density at radius 2 is 2.38 bits per heavy atom. The second kappa shape index (κ2) is 3.97. The summed E-state index contributed by atoms with van der Waals surface area (Å²) in [5, 5.41) is 3.89. The maximum atomic E-state index is 11.5. The Morgan fingerprint density at radius 1 is 1.56 bits per heavy atom. The van der Waals surface area contributed by atoms with Gasteiger partial charge in [0.25, 0.3) is 0 Å². The number of nitrogens with two attached hydrogens (primary N) is 1. The van der Waals surface area contributed by atoms with Gasteiger partial charge < -0.3 is 10.5 Å². The number of anilines is 1. The Balaban J connectivity index is 2.57. The number of ether oxygens (including phenoxy) is 1. The van der Waals surface area contributed by atoms with Gasteiger partial charge in [-0.2, -0.15) is 5.10 Å². The zero-order valence-electron chi connectivity index (χ0n) is 8.49. The van der Waals surface area contributed by atoms with Gasteiger partial charge in [-0.1, -0.05) is 0 Å². The van der Waals surface area contributed by atoms with Gasteiger partial charge >= 0.3 is 5.97 Å². The average molecular weight is 219 g/mol. The van der Waals surface area contributed by atoms with Crippen molar-refractivity contribution in [3.8, 4) is 5.82 Å². The maximum absolute atomic E-state index is 11.5. The van der Waals surface area contributed by atoms with Crippen molar-refractivity contribution >= 4 is 11.7 Å². The van der Waals surface area contributed by atoms with Crippen molar-refractivity contribution < 1.29 is 9.53 Å². The molecule has 82 valence electrons. The fourth-order valence-electron chi connectivity index (χ4n) is 1.23. The van der Waals surface area contributed by atoms with Crippen molar-refractivity contribution in [1.29, 1.82) is 0 Å². The van der Waals surface area contributed by atoms with Crippen LogP contribution in [0.25, 0.3) is 5.82 Å². The largest absolute Gasteiger partial charge is 0.465 e. The van der Waals surface area contributed by atoms with Gasteiger partial charge in [-0.05, 0) is 6.07 Å². The Kier molecular flexibility index (Phi) is 2.50. The lowest BCUT2D eigenvalue weighted by Gasteiger charge is -2.06. The molecule has 7 nitrogen and oxygen atoms in total. The molecule has 7 heteroatoms. The van der Waals surface area contributed by atoms with Crippen LogP contribution < -0.4 is 5.73 Å². The number of pyridine rings is 1. The van der Waals surface area contributed by atoms with Crippen LogP contribution in [0.3, 0.4) is 0 Å². The molecule has 0 spiro atoms. The van der Waals surface area contributed by atoms with Crippen LogP contribution in [0.1, 0.15) is 10.4 Å². The summed E-state index contributed by atoms with van der Waals surface area (Å²) in [6.45, 7) is 0. The molecule has 0 saturated heterocycles. The molecule has 0 aromatic carbocycles. The second-order valence-electron chi connectivity index (χ2n) is 2.97. The molecule has 2 rings (SSSR count). The fraction of sp³-hybridized carbons (Fsp3) is 0.111. The number of hydrogen-bond acceptors (Lipinski definition) is 6. The van der Waals surface area contributed by atoms with E-state index in [9.17, 15) is 4.79 Å². The molecular weight excluding hydrogens is 210 g/mol. The smallest absolute Gasteiger partial charge is 0.341 e. The highest BCUT2D eigenvalue weighted by Gasteiger charge is 2.15. The lowest BCUT2D eigenvalue weighted by atomic mass is 10.2. The Hall–Kier alpha value is -2.44. The topological polar surface area (TPSA) is 95.9 Å². The van der Waals surface area contributed by atoms with Gasteiger partial charge in [0.1, 0.15) is 18.2 Å². The zero-order valence-corrected chi connectivity index (χ0v) is 8.49. The Morgan fingerprint density at radius 3 is 3.00 bits per heavy atom. The van der Waals surface area contributed by atoms with Crippen LogP contribution >= 0.6 is 0 Å². The molecule has 0 fully saturated rings. The second-order valence-corrected chi connectivity index (χ2v) is 2.97. The van der Waals surface area contributed by atoms with E-state index < -0.39 is 5.97 Å². The molecule has 0 radical (unpaired) electrons. The summed E-state index contributed by atoms with van der Waals surface area (Å²) in [5.41, 5.74) is 6.18. The molecule has 0 amide bonds. The summed E-state index contributed by atoms with van der Waals surface area (Å²) < 4.78 is 6.00. The van der Waals surface area contributed by atoms with Crippen LogP contribution in [-0.4, -0.2) is 32.8 Å². The number of hydrogen-bond donors (Lipinski definition) is 1. The number of nitrogen functional groups attached to an aromatic ring is 1. The molecule has 0 aliphatic carbocycles. The van der Waals surface area contributed by atoms with Crippen LogP contribution in [0.15, 0.2) is 24.9 Å². The lowest BCUT2D eigenvalue weighted by Crippen LogP contribution is -2.11. The first-order chi connectivity index (χ1) is 7.72. The summed E-state index contributed by atoms with van der Waals surface area (Å²) in [7, 11) is 1.29. The third-order valence-corrected chi connectivity index (χ3v) is 1.93. The van der Waals surface area contributed by atoms with Gasteiger partial charge in [0, 0.05) is 0 Å². The molecule has 16 heavy (non-hydrogen) atoms. The van der Waals surface area contributed by atoms with Crippen LogP contribution in [-0.2, 0) is 4.74 Å². The van der Waals surface area contributed by atoms with E-state index in [1.165, 1.54) is 36.7 Å². The molecule has 0 saturated carbocycles. The summed E-state index contributed by atoms with van der Waals surface area (Å²) in [5.74, 6) is -0.191. The van der Waals surface area contributed by atoms with Crippen LogP contribution in [0.4, 0.5) is 5.69 Å². The van der Waals surface area contributed by atoms with E-state index in [4.69, 9.17) is 5.73 Å². The number of methoxy groups -OCH3 is 1. The molecule has 0 atom stereocenters. The van der Waals surface area contributed by atoms with E-state index >= 15 is 0 Å². The van der Waals surface area contributed by atoms with Crippen LogP contribution in [0.5, 0.6) is 0 Å². The van der Waals surface area contributed by atoms with E-state index in [1.807, 2.05) is 0 Å². The lowest BCUT2D eigenvalue weighted by molar-refractivity contribution is 0.0600. The highest BCUT2D eigenvalue weighted by molar-refractivity contribution is 5.93. The number of aromatic nitrogens is 4. The van der Waals surface area contributed by atoms with Crippen molar-refractivity contribution in [3.05, 3.63) is 30.5 Å². The third-order valence-electron chi connectivity index (χ3n) is 1.93. The van der Waals surface area contributed by atoms with E-state index in [1.54, 1.807) is 0 Å². The van der Waals surface area contributed by atoms with Crippen molar-refractivity contribution in [3.63, 3.8) is 0 Å². The molecule has 0 bridgehead atoms. The molecule has 2 aromatic heterocycles. The Labute approximate surface area is 90.9 Å². The molecule has 2 N–H and O–H groups in total. The number of carbonyl (C=O) groups excluding carboxylic acids is 1. The zero-order chi connectivity index (χ0) is 11.5. The van der Waals surface area contributed by atoms with Gasteiger partial charge in [-0.25, -0.2) is 19.4 Å². The standard InChI is InChI=1S/C9H9N5O2/c1-16-9(15)7-2-6(10)3-12-8(7)14-5-11-4-13-14/h2-5H,10H2,1H3. The fourth-order valence-corrected chi connectivity index (χ4v) is 1.23. The van der Waals surface area contributed by atoms with E-state index in [2.05, 4.69) is 19.8 Å². The van der Waals surface area contributed by atoms with E-state index in [-0.39, 0.29) is 5.56 Å². The predicted molar refractivity (Wildman–Crippen MR) is 54.9 cm³/mol. The van der Waals surface area contributed by atoms with Gasteiger partial charge in [0.2, 0.25) is 0 Å². The minimum Gasteiger partial charge on any atom is -0.465 e. The molecule has 2 aromatic rings. The van der Waals surface area contributed by atoms with Crippen LogP contribution in [0.2, 0.25) is 0 Å². The van der Waals surface area contributed by atoms with Gasteiger partial charge in [-0.3, -0.25) is 0 Å². The maximum Gasteiger partial charge on any atom is 0.341 e. The SMILES string of the molecule is COC(=O)c1cc(N)cnc1-n1cncn1. The van der Waals surface area contributed by atoms with Gasteiger partial charge in [0.05, 0.1) is 19.0 Å². The summed E-state index contributed by atoms with van der Waals surface area (Å²) >= 11 is 0. The number of carbonyl (C=O) groups is 1. The third kappa shape index (κ3) is 1.70. The first kappa shape index (κ1) is 10.1. The molecule has 0 aliphatic heterocycles. The number of rotatable bonds is 2. The average Bonchev–Trinajstić information content (AvgIpc) is 2.81. The summed E-state index contributed by atoms with van der Waals surface area (Å²) in [4.78, 5) is 19.3. The summed E-state index contributed by atoms with van der Waals surface area (Å²) in [6.07, 6.45) is 4.22. The first-order valence-electron chi connectivity index (χ1n) is 4.41. The Bertz CT molecular complexity index is 509. The highest BCUT2D eigenvalue weighted by Crippen LogP contribution is 2.14. The van der Waals surface area contributed by atoms with E-state index in [0.29, 0.717) is 11.5 Å². The highest BCUT2D eigenvalue weighted by atomic mass is 16.5. The monoisotopic (exact) mass is 219 g/mol. The van der Waals surface area contributed by atoms with Crippen molar-refractivity contribution in [2.75, 3.05) is 12.8 Å². The quantitative estimate of drug-likeness (QED) is 0.716. The molecule has 0 aliphatic rings. The van der Waals surface area contributed by atoms with Gasteiger partial charge in [-0.15, -0.1) is 0 Å².